The first kappa shape index (κ1) is 36.2. The second kappa shape index (κ2) is 13.2. The summed E-state index contributed by atoms with van der Waals surface area (Å²) in [4.78, 5) is 9.83. The fourth-order valence-electron chi connectivity index (χ4n) is 8.82. The van der Waals surface area contributed by atoms with Crippen LogP contribution in [0.25, 0.3) is 47.8 Å². The van der Waals surface area contributed by atoms with Crippen molar-refractivity contribution in [3.05, 3.63) is 156 Å². The van der Waals surface area contributed by atoms with E-state index < -0.39 is 0 Å². The molecule has 0 N–H and O–H groups in total. The maximum atomic E-state index is 6.78. The number of hydrogen-bond donors (Lipinski definition) is 0. The van der Waals surface area contributed by atoms with Crippen LogP contribution in [0.5, 0.6) is 11.5 Å². The molecule has 10 rings (SSSR count). The van der Waals surface area contributed by atoms with E-state index in [0.717, 1.165) is 34.0 Å². The molecule has 0 fully saturated rings. The lowest BCUT2D eigenvalue weighted by molar-refractivity contribution is 0.483. The first-order valence-corrected chi connectivity index (χ1v) is 21.0. The van der Waals surface area contributed by atoms with Gasteiger partial charge >= 0.3 is 0 Å². The molecule has 0 bridgehead atoms. The van der Waals surface area contributed by atoms with Crippen LogP contribution in [-0.2, 0) is 10.8 Å². The molecular weight excluding hydrogens is 729 g/mol. The Labute approximate surface area is 344 Å². The molecule has 1 aliphatic heterocycles. The summed E-state index contributed by atoms with van der Waals surface area (Å²) in [5, 5.41) is 4.96. The molecule has 0 spiro atoms. The lowest BCUT2D eigenvalue weighted by Gasteiger charge is -2.28. The number of aromatic nitrogens is 2. The summed E-state index contributed by atoms with van der Waals surface area (Å²) >= 11 is 1.85. The molecule has 0 saturated heterocycles. The van der Waals surface area contributed by atoms with Crippen LogP contribution in [0.15, 0.2) is 134 Å². The van der Waals surface area contributed by atoms with E-state index >= 15 is 0 Å². The summed E-state index contributed by atoms with van der Waals surface area (Å²) in [6.07, 6.45) is 1.94. The first-order chi connectivity index (χ1) is 27.8. The van der Waals surface area contributed by atoms with Gasteiger partial charge in [-0.25, -0.2) is 4.98 Å². The predicted molar refractivity (Wildman–Crippen MR) is 247 cm³/mol. The molecule has 1 aliphatic rings. The van der Waals surface area contributed by atoms with E-state index in [1.54, 1.807) is 0 Å². The van der Waals surface area contributed by atoms with Crippen LogP contribution in [0.2, 0.25) is 0 Å². The number of benzene rings is 6. The third kappa shape index (κ3) is 6.01. The summed E-state index contributed by atoms with van der Waals surface area (Å²) in [5.74, 6) is 2.47. The van der Waals surface area contributed by atoms with Crippen molar-refractivity contribution in [3.63, 3.8) is 0 Å². The molecular formula is C52H48N4OS. The summed E-state index contributed by atoms with van der Waals surface area (Å²) in [6, 6.07) is 46.2. The van der Waals surface area contributed by atoms with Crippen LogP contribution < -0.4 is 14.5 Å². The first-order valence-electron chi connectivity index (χ1n) is 20.2. The highest BCUT2D eigenvalue weighted by Crippen LogP contribution is 2.47. The lowest BCUT2D eigenvalue weighted by atomic mass is 9.84. The molecule has 288 valence electrons. The third-order valence-corrected chi connectivity index (χ3v) is 12.9. The maximum Gasteiger partial charge on any atom is 0.137 e. The number of nitrogens with zero attached hydrogens (tertiary/aromatic N) is 4. The minimum atomic E-state index is -0.0179. The van der Waals surface area contributed by atoms with Crippen molar-refractivity contribution in [2.75, 3.05) is 16.5 Å². The molecule has 9 aromatic rings. The third-order valence-electron chi connectivity index (χ3n) is 11.8. The summed E-state index contributed by atoms with van der Waals surface area (Å²) < 4.78 is 11.7. The molecule has 0 radical (unpaired) electrons. The van der Waals surface area contributed by atoms with Gasteiger partial charge < -0.3 is 14.5 Å². The van der Waals surface area contributed by atoms with Crippen molar-refractivity contribution in [2.24, 2.45) is 0 Å². The van der Waals surface area contributed by atoms with Gasteiger partial charge in [0.05, 0.1) is 22.4 Å². The number of pyridine rings is 1. The Balaban J connectivity index is 1.05. The standard InChI is InChI=1S/C52H48N4OS/c1-32-24-35(52(6,7)8)25-33(2)50(32)55-31-54(43-17-10-11-18-44(43)55)36-14-13-15-37(27-36)57-38-20-21-39-41-29-42-40-16-9-12-19-47(40)58-48(42)30-46(41)56(45(39)28-38)49-26-34(22-23-53-49)51(3,4)5/h9-30H,31H2,1-8H3. The van der Waals surface area contributed by atoms with Crippen LogP contribution in [-0.4, -0.2) is 16.2 Å². The van der Waals surface area contributed by atoms with Gasteiger partial charge in [0.2, 0.25) is 0 Å². The Morgan fingerprint density at radius 1 is 0.552 bits per heavy atom. The van der Waals surface area contributed by atoms with Gasteiger partial charge in [0.1, 0.15) is 24.0 Å². The van der Waals surface area contributed by atoms with Crippen LogP contribution >= 0.6 is 11.3 Å². The van der Waals surface area contributed by atoms with Gasteiger partial charge in [0.25, 0.3) is 0 Å². The maximum absolute atomic E-state index is 6.78. The zero-order valence-electron chi connectivity index (χ0n) is 34.5. The highest BCUT2D eigenvalue weighted by molar-refractivity contribution is 7.25. The molecule has 58 heavy (non-hydrogen) atoms. The zero-order valence-corrected chi connectivity index (χ0v) is 35.3. The lowest BCUT2D eigenvalue weighted by Crippen LogP contribution is -2.25. The Morgan fingerprint density at radius 3 is 2.00 bits per heavy atom. The Hall–Kier alpha value is -6.11. The molecule has 0 saturated carbocycles. The molecule has 0 amide bonds. The zero-order chi connectivity index (χ0) is 40.1. The summed E-state index contributed by atoms with van der Waals surface area (Å²) in [5.41, 5.74) is 12.2. The van der Waals surface area contributed by atoms with Crippen LogP contribution in [0.3, 0.4) is 0 Å². The number of thiophene rings is 1. The monoisotopic (exact) mass is 776 g/mol. The van der Waals surface area contributed by atoms with E-state index in [1.165, 1.54) is 70.3 Å². The number of fused-ring (bicyclic) bond motifs is 7. The summed E-state index contributed by atoms with van der Waals surface area (Å²) in [7, 11) is 0. The van der Waals surface area contributed by atoms with E-state index in [4.69, 9.17) is 9.72 Å². The topological polar surface area (TPSA) is 33.5 Å². The molecule has 4 heterocycles. The van der Waals surface area contributed by atoms with Crippen LogP contribution in [0.4, 0.5) is 22.7 Å². The average Bonchev–Trinajstić information content (AvgIpc) is 3.85. The van der Waals surface area contributed by atoms with Crippen molar-refractivity contribution >= 4 is 76.1 Å². The van der Waals surface area contributed by atoms with Gasteiger partial charge in [0, 0.05) is 60.6 Å². The number of rotatable bonds is 5. The van der Waals surface area contributed by atoms with Crippen LogP contribution in [0.1, 0.15) is 63.8 Å². The second-order valence-corrected chi connectivity index (χ2v) is 19.0. The van der Waals surface area contributed by atoms with Gasteiger partial charge in [-0.3, -0.25) is 4.57 Å². The van der Waals surface area contributed by atoms with Crippen molar-refractivity contribution in [2.45, 2.75) is 66.2 Å². The number of anilines is 4. The van der Waals surface area contributed by atoms with Gasteiger partial charge in [-0.15, -0.1) is 11.3 Å². The molecule has 0 unspecified atom stereocenters. The fourth-order valence-corrected chi connectivity index (χ4v) is 9.95. The van der Waals surface area contributed by atoms with Crippen LogP contribution in [0, 0.1) is 13.8 Å². The van der Waals surface area contributed by atoms with E-state index in [0.29, 0.717) is 6.67 Å². The van der Waals surface area contributed by atoms with E-state index in [-0.39, 0.29) is 10.8 Å². The molecule has 3 aromatic heterocycles. The Bertz CT molecular complexity index is 3060. The Morgan fingerprint density at radius 2 is 1.24 bits per heavy atom. The quantitative estimate of drug-likeness (QED) is 0.174. The normalized spacial score (nSPS) is 13.4. The number of ether oxygens (including phenoxy) is 1. The second-order valence-electron chi connectivity index (χ2n) is 17.9. The fraction of sp³-hybridized carbons (Fsp3) is 0.212. The van der Waals surface area contributed by atoms with Gasteiger partial charge in [-0.05, 0) is 114 Å². The van der Waals surface area contributed by atoms with Gasteiger partial charge in [-0.2, -0.15) is 0 Å². The number of para-hydroxylation sites is 2. The smallest absolute Gasteiger partial charge is 0.137 e. The number of aryl methyl sites for hydroxylation is 2. The van der Waals surface area contributed by atoms with Crippen molar-refractivity contribution < 1.29 is 4.74 Å². The molecule has 0 aliphatic carbocycles. The highest BCUT2D eigenvalue weighted by atomic mass is 32.1. The van der Waals surface area contributed by atoms with Gasteiger partial charge in [-0.1, -0.05) is 90.1 Å². The predicted octanol–water partition coefficient (Wildman–Crippen LogP) is 14.8. The molecule has 6 aromatic carbocycles. The van der Waals surface area contributed by atoms with Gasteiger partial charge in [0.15, 0.2) is 0 Å². The molecule has 5 nitrogen and oxygen atoms in total. The average molecular weight is 777 g/mol. The van der Waals surface area contributed by atoms with E-state index in [9.17, 15) is 0 Å². The number of hydrogen-bond acceptors (Lipinski definition) is 5. The largest absolute Gasteiger partial charge is 0.457 e. The van der Waals surface area contributed by atoms with E-state index in [2.05, 4.69) is 197 Å². The van der Waals surface area contributed by atoms with Crippen molar-refractivity contribution in [3.8, 4) is 17.3 Å². The minimum absolute atomic E-state index is 0.0179. The highest BCUT2D eigenvalue weighted by Gasteiger charge is 2.30. The SMILES string of the molecule is Cc1cc(C(C)(C)C)cc(C)c1N1CN(c2cccc(Oc3ccc4c5cc6c(cc5n(-c5cc(C(C)(C)C)ccn5)c4c3)sc3ccccc36)c2)c2ccccc21. The van der Waals surface area contributed by atoms with Crippen molar-refractivity contribution in [1.29, 1.82) is 0 Å². The Kier molecular flexibility index (Phi) is 8.26. The van der Waals surface area contributed by atoms with E-state index in [1.807, 2.05) is 17.5 Å². The molecule has 6 heteroatoms. The molecule has 0 atom stereocenters. The minimum Gasteiger partial charge on any atom is -0.457 e. The summed E-state index contributed by atoms with van der Waals surface area (Å²) in [6.45, 7) is 18.8. The van der Waals surface area contributed by atoms with Crippen molar-refractivity contribution in [1.82, 2.24) is 9.55 Å².